The molecule has 2 atom stereocenters. The van der Waals surface area contributed by atoms with Crippen LogP contribution in [0.25, 0.3) is 0 Å². The Morgan fingerprint density at radius 2 is 2.00 bits per heavy atom. The van der Waals surface area contributed by atoms with Crippen LogP contribution < -0.4 is 15.4 Å². The molecular weight excluding hydrogens is 441 g/mol. The number of carbonyl (C=O) groups excluding carboxylic acids is 3. The van der Waals surface area contributed by atoms with Crippen molar-refractivity contribution in [2.24, 2.45) is 11.8 Å². The Bertz CT molecular complexity index is 927. The molecule has 0 spiro atoms. The van der Waals surface area contributed by atoms with Gasteiger partial charge in [-0.2, -0.15) is 5.26 Å². The molecule has 1 fully saturated rings. The van der Waals surface area contributed by atoms with Gasteiger partial charge in [-0.25, -0.2) is 0 Å². The smallest absolute Gasteiger partial charge is 0.405 e. The first-order valence-corrected chi connectivity index (χ1v) is 10.5. The number of nitrogens with zero attached hydrogens (tertiary/aromatic N) is 2. The van der Waals surface area contributed by atoms with Crippen molar-refractivity contribution < 1.29 is 32.3 Å². The van der Waals surface area contributed by atoms with Gasteiger partial charge in [0.1, 0.15) is 11.8 Å². The van der Waals surface area contributed by atoms with E-state index in [2.05, 4.69) is 15.4 Å². The molecule has 2 rings (SSSR count). The minimum Gasteiger partial charge on any atom is -0.405 e. The summed E-state index contributed by atoms with van der Waals surface area (Å²) in [5, 5.41) is 14.2. The molecule has 0 radical (unpaired) electrons. The summed E-state index contributed by atoms with van der Waals surface area (Å²) < 4.78 is 42.1. The Labute approximate surface area is 190 Å². The zero-order valence-corrected chi connectivity index (χ0v) is 18.7. The summed E-state index contributed by atoms with van der Waals surface area (Å²) in [6.45, 7) is 5.31. The topological polar surface area (TPSA) is 112 Å². The van der Waals surface area contributed by atoms with Gasteiger partial charge < -0.3 is 20.3 Å². The van der Waals surface area contributed by atoms with Crippen molar-refractivity contribution in [3.05, 3.63) is 29.3 Å². The van der Waals surface area contributed by atoms with Crippen LogP contribution >= 0.6 is 0 Å². The van der Waals surface area contributed by atoms with Gasteiger partial charge in [0.25, 0.3) is 0 Å². The van der Waals surface area contributed by atoms with Crippen molar-refractivity contribution in [3.8, 4) is 11.8 Å². The molecule has 1 saturated heterocycles. The maximum Gasteiger partial charge on any atom is 0.573 e. The van der Waals surface area contributed by atoms with Crippen LogP contribution in [-0.2, 0) is 20.9 Å². The molecule has 0 saturated carbocycles. The Kier molecular flexibility index (Phi) is 8.68. The van der Waals surface area contributed by atoms with E-state index in [0.29, 0.717) is 19.4 Å². The van der Waals surface area contributed by atoms with Crippen LogP contribution in [0.15, 0.2) is 18.2 Å². The molecule has 0 bridgehead atoms. The van der Waals surface area contributed by atoms with Crippen LogP contribution in [0.4, 0.5) is 13.2 Å². The summed E-state index contributed by atoms with van der Waals surface area (Å²) in [6, 6.07) is 4.62. The summed E-state index contributed by atoms with van der Waals surface area (Å²) in [7, 11) is 0. The van der Waals surface area contributed by atoms with Gasteiger partial charge in [-0.15, -0.1) is 13.2 Å². The van der Waals surface area contributed by atoms with Crippen molar-refractivity contribution in [1.82, 2.24) is 15.5 Å². The maximum absolute atomic E-state index is 12.9. The van der Waals surface area contributed by atoms with E-state index in [4.69, 9.17) is 5.26 Å². The van der Waals surface area contributed by atoms with E-state index in [0.717, 1.165) is 6.07 Å². The first-order valence-electron chi connectivity index (χ1n) is 10.5. The lowest BCUT2D eigenvalue weighted by Crippen LogP contribution is -2.54. The minimum atomic E-state index is -4.95. The summed E-state index contributed by atoms with van der Waals surface area (Å²) in [5.41, 5.74) is 0.0542. The first kappa shape index (κ1) is 26.0. The summed E-state index contributed by atoms with van der Waals surface area (Å²) >= 11 is 0. The van der Waals surface area contributed by atoms with Crippen molar-refractivity contribution in [2.75, 3.05) is 13.1 Å². The Balaban J connectivity index is 2.05. The SMILES string of the molecule is CC(=O)N[C@@H](C(=O)N1CCC[C@@H](C(=O)NCc2ccc(C#N)cc2OC(F)(F)F)C1)C(C)C. The zero-order valence-electron chi connectivity index (χ0n) is 18.7. The number of benzene rings is 1. The van der Waals surface area contributed by atoms with Gasteiger partial charge in [-0.05, 0) is 30.9 Å². The fourth-order valence-electron chi connectivity index (χ4n) is 3.64. The van der Waals surface area contributed by atoms with Gasteiger partial charge in [0, 0.05) is 32.1 Å². The number of halogens is 3. The van der Waals surface area contributed by atoms with Crippen LogP contribution in [0.5, 0.6) is 5.75 Å². The number of likely N-dealkylation sites (tertiary alicyclic amines) is 1. The van der Waals surface area contributed by atoms with Gasteiger partial charge in [-0.3, -0.25) is 14.4 Å². The molecule has 1 aliphatic heterocycles. The lowest BCUT2D eigenvalue weighted by Gasteiger charge is -2.35. The molecule has 180 valence electrons. The average molecular weight is 468 g/mol. The molecule has 0 aliphatic carbocycles. The second-order valence-corrected chi connectivity index (χ2v) is 8.25. The van der Waals surface area contributed by atoms with E-state index >= 15 is 0 Å². The van der Waals surface area contributed by atoms with E-state index in [1.165, 1.54) is 24.0 Å². The van der Waals surface area contributed by atoms with Crippen molar-refractivity contribution in [2.45, 2.75) is 52.6 Å². The van der Waals surface area contributed by atoms with Gasteiger partial charge in [0.05, 0.1) is 17.6 Å². The zero-order chi connectivity index (χ0) is 24.8. The molecule has 3 amide bonds. The average Bonchev–Trinajstić information content (AvgIpc) is 2.74. The molecule has 0 unspecified atom stereocenters. The highest BCUT2D eigenvalue weighted by Crippen LogP contribution is 2.28. The minimum absolute atomic E-state index is 0.00959. The fraction of sp³-hybridized carbons (Fsp3) is 0.545. The first-order chi connectivity index (χ1) is 15.4. The largest absolute Gasteiger partial charge is 0.573 e. The molecule has 33 heavy (non-hydrogen) atoms. The monoisotopic (exact) mass is 468 g/mol. The fourth-order valence-corrected chi connectivity index (χ4v) is 3.64. The second-order valence-electron chi connectivity index (χ2n) is 8.25. The number of amides is 3. The Morgan fingerprint density at radius 1 is 1.30 bits per heavy atom. The second kappa shape index (κ2) is 11.0. The van der Waals surface area contributed by atoms with E-state index in [1.54, 1.807) is 6.07 Å². The molecule has 2 N–H and O–H groups in total. The predicted molar refractivity (Wildman–Crippen MR) is 111 cm³/mol. The Morgan fingerprint density at radius 3 is 2.58 bits per heavy atom. The van der Waals surface area contributed by atoms with Gasteiger partial charge in [0.15, 0.2) is 0 Å². The maximum atomic E-state index is 12.9. The molecule has 11 heteroatoms. The number of nitrogens with one attached hydrogen (secondary N) is 2. The van der Waals surface area contributed by atoms with Crippen LogP contribution in [0.2, 0.25) is 0 Å². The third-order valence-corrected chi connectivity index (χ3v) is 5.27. The molecule has 1 heterocycles. The molecular formula is C22H27F3N4O4. The lowest BCUT2D eigenvalue weighted by atomic mass is 9.94. The third-order valence-electron chi connectivity index (χ3n) is 5.27. The van der Waals surface area contributed by atoms with Crippen molar-refractivity contribution in [3.63, 3.8) is 0 Å². The standard InChI is InChI=1S/C22H27F3N4O4/c1-13(2)19(28-14(3)30)21(32)29-8-4-5-17(12-29)20(31)27-11-16-7-6-15(10-26)9-18(16)33-22(23,24)25/h6-7,9,13,17,19H,4-5,8,11-12H2,1-3H3,(H,27,31)(H,28,30)/t17-,19-/m1/s1. The highest BCUT2D eigenvalue weighted by molar-refractivity contribution is 5.88. The highest BCUT2D eigenvalue weighted by Gasteiger charge is 2.34. The molecule has 1 aromatic rings. The van der Waals surface area contributed by atoms with E-state index in [9.17, 15) is 27.6 Å². The van der Waals surface area contributed by atoms with Crippen LogP contribution in [0, 0.1) is 23.2 Å². The lowest BCUT2D eigenvalue weighted by molar-refractivity contribution is -0.274. The van der Waals surface area contributed by atoms with Gasteiger partial charge in [-0.1, -0.05) is 19.9 Å². The third kappa shape index (κ3) is 7.66. The number of nitriles is 1. The quantitative estimate of drug-likeness (QED) is 0.639. The summed E-state index contributed by atoms with van der Waals surface area (Å²) in [4.78, 5) is 38.6. The molecule has 1 aromatic carbocycles. The van der Waals surface area contributed by atoms with E-state index in [-0.39, 0.29) is 41.9 Å². The van der Waals surface area contributed by atoms with Crippen molar-refractivity contribution >= 4 is 17.7 Å². The number of hydrogen-bond acceptors (Lipinski definition) is 5. The number of carbonyl (C=O) groups is 3. The summed E-state index contributed by atoms with van der Waals surface area (Å²) in [6.07, 6.45) is -3.85. The Hall–Kier alpha value is -3.29. The molecule has 1 aliphatic rings. The van der Waals surface area contributed by atoms with Crippen molar-refractivity contribution in [1.29, 1.82) is 5.26 Å². The normalized spacial score (nSPS) is 17.2. The van der Waals surface area contributed by atoms with E-state index < -0.39 is 30.0 Å². The van der Waals surface area contributed by atoms with Crippen LogP contribution in [-0.4, -0.2) is 48.1 Å². The molecule has 0 aromatic heterocycles. The van der Waals surface area contributed by atoms with Gasteiger partial charge >= 0.3 is 6.36 Å². The number of alkyl halides is 3. The highest BCUT2D eigenvalue weighted by atomic mass is 19.4. The number of hydrogen-bond donors (Lipinski definition) is 2. The number of ether oxygens (including phenoxy) is 1. The predicted octanol–water partition coefficient (Wildman–Crippen LogP) is 2.47. The number of rotatable bonds is 7. The molecule has 8 nitrogen and oxygen atoms in total. The van der Waals surface area contributed by atoms with Crippen LogP contribution in [0.3, 0.4) is 0 Å². The van der Waals surface area contributed by atoms with E-state index in [1.807, 2.05) is 13.8 Å². The van der Waals surface area contributed by atoms with Gasteiger partial charge in [0.2, 0.25) is 17.7 Å². The number of piperidine rings is 1. The van der Waals surface area contributed by atoms with Crippen LogP contribution in [0.1, 0.15) is 44.7 Å². The summed E-state index contributed by atoms with van der Waals surface area (Å²) in [5.74, 6) is -2.25.